The Labute approximate surface area is 135 Å². The van der Waals surface area contributed by atoms with Crippen LogP contribution in [0.5, 0.6) is 0 Å². The zero-order valence-corrected chi connectivity index (χ0v) is 12.7. The molecule has 5 nitrogen and oxygen atoms in total. The molecule has 0 fully saturated rings. The summed E-state index contributed by atoms with van der Waals surface area (Å²) in [6, 6.07) is 10.6. The van der Waals surface area contributed by atoms with E-state index in [0.29, 0.717) is 16.5 Å². The number of aromatic amines is 2. The molecule has 0 saturated heterocycles. The number of halogens is 1. The number of rotatable bonds is 3. The molecule has 1 heterocycles. The Morgan fingerprint density at radius 2 is 1.87 bits per heavy atom. The summed E-state index contributed by atoms with van der Waals surface area (Å²) in [5, 5.41) is 3.17. The van der Waals surface area contributed by atoms with Crippen molar-refractivity contribution in [2.45, 2.75) is 6.54 Å². The van der Waals surface area contributed by atoms with E-state index in [1.807, 2.05) is 0 Å². The van der Waals surface area contributed by atoms with Gasteiger partial charge < -0.3 is 10.3 Å². The number of hydrogen-bond donors (Lipinski definition) is 3. The second-order valence-corrected chi connectivity index (χ2v) is 5.39. The van der Waals surface area contributed by atoms with Crippen LogP contribution >= 0.6 is 12.2 Å². The number of hydrogen-bond acceptors (Lipinski definition) is 3. The van der Waals surface area contributed by atoms with E-state index in [9.17, 15) is 14.0 Å². The van der Waals surface area contributed by atoms with Crippen molar-refractivity contribution >= 4 is 29.0 Å². The minimum atomic E-state index is -0.324. The fraction of sp³-hybridized carbons (Fsp3) is 0.0625. The molecule has 0 unspecified atom stereocenters. The molecule has 1 amide bonds. The fourth-order valence-electron chi connectivity index (χ4n) is 2.20. The molecule has 0 atom stereocenters. The maximum absolute atomic E-state index is 12.8. The number of aromatic nitrogens is 2. The highest BCUT2D eigenvalue weighted by Crippen LogP contribution is 2.10. The van der Waals surface area contributed by atoms with Gasteiger partial charge in [0, 0.05) is 12.1 Å². The number of fused-ring (bicyclic) bond motifs is 1. The highest BCUT2D eigenvalue weighted by Gasteiger charge is 2.08. The van der Waals surface area contributed by atoms with Crippen LogP contribution in [0.2, 0.25) is 0 Å². The van der Waals surface area contributed by atoms with Crippen LogP contribution in [-0.2, 0) is 6.54 Å². The van der Waals surface area contributed by atoms with Gasteiger partial charge in [0.1, 0.15) is 5.82 Å². The van der Waals surface area contributed by atoms with Gasteiger partial charge in [-0.2, -0.15) is 0 Å². The summed E-state index contributed by atoms with van der Waals surface area (Å²) in [6.07, 6.45) is 0. The van der Waals surface area contributed by atoms with Crippen molar-refractivity contribution in [3.63, 3.8) is 0 Å². The molecular weight excluding hydrogens is 317 g/mol. The largest absolute Gasteiger partial charge is 0.348 e. The van der Waals surface area contributed by atoms with Gasteiger partial charge in [-0.05, 0) is 48.1 Å². The van der Waals surface area contributed by atoms with Crippen molar-refractivity contribution in [1.29, 1.82) is 0 Å². The summed E-state index contributed by atoms with van der Waals surface area (Å²) in [6.45, 7) is 0.280. The first-order valence-corrected chi connectivity index (χ1v) is 7.23. The zero-order valence-electron chi connectivity index (χ0n) is 11.9. The predicted octanol–water partition coefficient (Wildman–Crippen LogP) is 2.65. The Balaban J connectivity index is 1.82. The van der Waals surface area contributed by atoms with Crippen molar-refractivity contribution in [1.82, 2.24) is 15.3 Å². The van der Waals surface area contributed by atoms with E-state index < -0.39 is 0 Å². The molecule has 0 aliphatic rings. The van der Waals surface area contributed by atoms with E-state index in [-0.39, 0.29) is 28.6 Å². The van der Waals surface area contributed by atoms with Crippen molar-refractivity contribution in [3.8, 4) is 0 Å². The topological polar surface area (TPSA) is 77.8 Å². The van der Waals surface area contributed by atoms with Crippen LogP contribution in [0.4, 0.5) is 4.39 Å². The van der Waals surface area contributed by atoms with Crippen LogP contribution in [0.3, 0.4) is 0 Å². The SMILES string of the molecule is O=C(NCc1ccc(F)cc1)c1ccc2c(=O)[nH]c(=S)[nH]c2c1. The van der Waals surface area contributed by atoms with Gasteiger partial charge >= 0.3 is 0 Å². The summed E-state index contributed by atoms with van der Waals surface area (Å²) in [4.78, 5) is 29.3. The maximum atomic E-state index is 12.8. The molecule has 0 saturated carbocycles. The van der Waals surface area contributed by atoms with Crippen LogP contribution in [0.25, 0.3) is 10.9 Å². The molecule has 2 aromatic carbocycles. The lowest BCUT2D eigenvalue weighted by Crippen LogP contribution is -2.23. The van der Waals surface area contributed by atoms with Crippen molar-refractivity contribution < 1.29 is 9.18 Å². The summed E-state index contributed by atoms with van der Waals surface area (Å²) < 4.78 is 13.0. The molecule has 23 heavy (non-hydrogen) atoms. The molecule has 1 aromatic heterocycles. The van der Waals surface area contributed by atoms with Gasteiger partial charge in [0.25, 0.3) is 11.5 Å². The van der Waals surface area contributed by atoms with Gasteiger partial charge in [-0.15, -0.1) is 0 Å². The van der Waals surface area contributed by atoms with Crippen LogP contribution < -0.4 is 10.9 Å². The average molecular weight is 329 g/mol. The van der Waals surface area contributed by atoms with Gasteiger partial charge in [-0.1, -0.05) is 12.1 Å². The Morgan fingerprint density at radius 1 is 1.13 bits per heavy atom. The Kier molecular flexibility index (Phi) is 4.03. The minimum absolute atomic E-state index is 0.200. The number of benzene rings is 2. The maximum Gasteiger partial charge on any atom is 0.259 e. The van der Waals surface area contributed by atoms with Gasteiger partial charge in [0.15, 0.2) is 4.77 Å². The monoisotopic (exact) mass is 329 g/mol. The Hall–Kier alpha value is -2.80. The number of carbonyl (C=O) groups excluding carboxylic acids is 1. The van der Waals surface area contributed by atoms with Crippen molar-refractivity contribution in [3.05, 3.63) is 74.5 Å². The first-order chi connectivity index (χ1) is 11.0. The summed E-state index contributed by atoms with van der Waals surface area (Å²) in [5.74, 6) is -0.620. The molecule has 0 spiro atoms. The van der Waals surface area contributed by atoms with Crippen LogP contribution in [-0.4, -0.2) is 15.9 Å². The summed E-state index contributed by atoms with van der Waals surface area (Å²) >= 11 is 4.92. The fourth-order valence-corrected chi connectivity index (χ4v) is 2.40. The zero-order chi connectivity index (χ0) is 16.4. The average Bonchev–Trinajstić information content (AvgIpc) is 2.53. The Morgan fingerprint density at radius 3 is 2.61 bits per heavy atom. The van der Waals surface area contributed by atoms with E-state index in [4.69, 9.17) is 12.2 Å². The molecule has 0 aliphatic heterocycles. The van der Waals surface area contributed by atoms with Crippen LogP contribution in [0.1, 0.15) is 15.9 Å². The lowest BCUT2D eigenvalue weighted by atomic mass is 10.1. The molecule has 0 bridgehead atoms. The standard InChI is InChI=1S/C16H12FN3O2S/c17-11-4-1-9(2-5-11)8-18-14(21)10-3-6-12-13(7-10)19-16(23)20-15(12)22/h1-7H,8H2,(H,18,21)(H2,19,20,22,23). The second-order valence-electron chi connectivity index (χ2n) is 4.98. The smallest absolute Gasteiger partial charge is 0.259 e. The second kappa shape index (κ2) is 6.13. The Bertz CT molecular complexity index is 993. The molecule has 116 valence electrons. The number of nitrogens with one attached hydrogen (secondary N) is 3. The van der Waals surface area contributed by atoms with Crippen molar-refractivity contribution in [2.24, 2.45) is 0 Å². The van der Waals surface area contributed by atoms with Gasteiger partial charge in [0.2, 0.25) is 0 Å². The van der Waals surface area contributed by atoms with Gasteiger partial charge in [0.05, 0.1) is 10.9 Å². The first kappa shape index (κ1) is 15.1. The number of amides is 1. The molecule has 3 rings (SSSR count). The van der Waals surface area contributed by atoms with Crippen molar-refractivity contribution in [2.75, 3.05) is 0 Å². The van der Waals surface area contributed by atoms with E-state index in [1.165, 1.54) is 12.1 Å². The van der Waals surface area contributed by atoms with E-state index in [0.717, 1.165) is 5.56 Å². The third-order valence-electron chi connectivity index (χ3n) is 3.37. The molecule has 3 aromatic rings. The molecular formula is C16H12FN3O2S. The molecule has 7 heteroatoms. The highest BCUT2D eigenvalue weighted by molar-refractivity contribution is 7.71. The summed E-state index contributed by atoms with van der Waals surface area (Å²) in [5.41, 5.74) is 1.38. The quantitative estimate of drug-likeness (QED) is 0.647. The minimum Gasteiger partial charge on any atom is -0.348 e. The number of carbonyl (C=O) groups is 1. The van der Waals surface area contributed by atoms with E-state index >= 15 is 0 Å². The number of H-pyrrole nitrogens is 2. The van der Waals surface area contributed by atoms with Crippen LogP contribution in [0.15, 0.2) is 47.3 Å². The van der Waals surface area contributed by atoms with E-state index in [2.05, 4.69) is 15.3 Å². The normalized spacial score (nSPS) is 10.7. The molecule has 0 radical (unpaired) electrons. The third-order valence-corrected chi connectivity index (χ3v) is 3.57. The summed E-state index contributed by atoms with van der Waals surface area (Å²) in [7, 11) is 0. The van der Waals surface area contributed by atoms with Crippen LogP contribution in [0, 0.1) is 10.6 Å². The molecule has 0 aliphatic carbocycles. The lowest BCUT2D eigenvalue weighted by Gasteiger charge is -2.06. The van der Waals surface area contributed by atoms with Gasteiger partial charge in [-0.25, -0.2) is 4.39 Å². The third kappa shape index (κ3) is 3.35. The molecule has 3 N–H and O–H groups in total. The predicted molar refractivity (Wildman–Crippen MR) is 87.3 cm³/mol. The van der Waals surface area contributed by atoms with Gasteiger partial charge in [-0.3, -0.25) is 14.6 Å². The lowest BCUT2D eigenvalue weighted by molar-refractivity contribution is 0.0951. The highest BCUT2D eigenvalue weighted by atomic mass is 32.1. The first-order valence-electron chi connectivity index (χ1n) is 6.82. The van der Waals surface area contributed by atoms with E-state index in [1.54, 1.807) is 30.3 Å².